The Hall–Kier alpha value is -2.39. The first-order valence-corrected chi connectivity index (χ1v) is 11.8. The highest BCUT2D eigenvalue weighted by Crippen LogP contribution is 2.30. The lowest BCUT2D eigenvalue weighted by atomic mass is 9.96. The van der Waals surface area contributed by atoms with Crippen molar-refractivity contribution in [1.82, 2.24) is 9.62 Å². The molecular formula is C23H27F3N2O3S. The fourth-order valence-electron chi connectivity index (χ4n) is 3.90. The number of carbonyl (C=O) groups excluding carboxylic acids is 1. The summed E-state index contributed by atoms with van der Waals surface area (Å²) < 4.78 is 63.0. The molecule has 32 heavy (non-hydrogen) atoms. The molecule has 0 bridgehead atoms. The van der Waals surface area contributed by atoms with Gasteiger partial charge in [0.15, 0.2) is 0 Å². The summed E-state index contributed by atoms with van der Waals surface area (Å²) in [5.74, 6) is -2.22. The number of ether oxygens (including phenoxy) is 1. The lowest BCUT2D eigenvalue weighted by molar-refractivity contribution is 0.0218. The lowest BCUT2D eigenvalue weighted by Crippen LogP contribution is -2.48. The predicted octanol–water partition coefficient (Wildman–Crippen LogP) is 4.57. The Morgan fingerprint density at radius 3 is 2.44 bits per heavy atom. The van der Waals surface area contributed by atoms with Gasteiger partial charge in [-0.1, -0.05) is 18.2 Å². The van der Waals surface area contributed by atoms with Crippen molar-refractivity contribution in [3.05, 3.63) is 59.4 Å². The number of nitrogens with one attached hydrogen (secondary N) is 1. The third-order valence-corrected chi connectivity index (χ3v) is 5.81. The van der Waals surface area contributed by atoms with Crippen LogP contribution >= 0.6 is 0 Å². The Bertz CT molecular complexity index is 1010. The van der Waals surface area contributed by atoms with Gasteiger partial charge in [0, 0.05) is 30.5 Å². The van der Waals surface area contributed by atoms with Crippen LogP contribution in [0.5, 0.6) is 0 Å². The molecule has 3 rings (SSSR count). The summed E-state index contributed by atoms with van der Waals surface area (Å²) >= 11 is 0. The second-order valence-corrected chi connectivity index (χ2v) is 9.99. The van der Waals surface area contributed by atoms with E-state index >= 15 is 4.39 Å². The van der Waals surface area contributed by atoms with Gasteiger partial charge in [0.25, 0.3) is 0 Å². The van der Waals surface area contributed by atoms with Crippen LogP contribution < -0.4 is 4.72 Å². The van der Waals surface area contributed by atoms with Gasteiger partial charge in [0.1, 0.15) is 23.1 Å². The third kappa shape index (κ3) is 5.89. The SMILES string of the molecule is CS(=O)NC1CCN(C(=O)OC(C)(C)C)[C@H]1Cc1cccc(-c2cc(F)cc(F)c2)c1F. The first-order valence-electron chi connectivity index (χ1n) is 10.3. The minimum Gasteiger partial charge on any atom is -0.444 e. The Morgan fingerprint density at radius 1 is 1.19 bits per heavy atom. The standard InChI is InChI=1S/C23H27F3N2O3S/c1-23(2,3)31-22(29)28-9-8-19(27-32(4)30)20(28)12-14-6-5-7-18(21(14)26)15-10-16(24)13-17(25)11-15/h5-7,10-11,13,19-20,27H,8-9,12H2,1-4H3/t19?,20-,32?/m0/s1. The highest BCUT2D eigenvalue weighted by molar-refractivity contribution is 7.82. The number of carbonyl (C=O) groups is 1. The molecule has 0 saturated carbocycles. The molecule has 1 fully saturated rings. The van der Waals surface area contributed by atoms with Gasteiger partial charge in [-0.2, -0.15) is 0 Å². The second-order valence-electron chi connectivity index (χ2n) is 8.85. The van der Waals surface area contributed by atoms with E-state index in [2.05, 4.69) is 4.72 Å². The predicted molar refractivity (Wildman–Crippen MR) is 118 cm³/mol. The third-order valence-electron chi connectivity index (χ3n) is 5.17. The number of rotatable bonds is 5. The molecule has 2 aromatic carbocycles. The van der Waals surface area contributed by atoms with Crippen molar-refractivity contribution in [2.24, 2.45) is 0 Å². The van der Waals surface area contributed by atoms with Crippen molar-refractivity contribution in [3.8, 4) is 11.1 Å². The van der Waals surface area contributed by atoms with E-state index in [1.807, 2.05) is 0 Å². The Balaban J connectivity index is 1.93. The van der Waals surface area contributed by atoms with Gasteiger partial charge in [-0.25, -0.2) is 26.9 Å². The van der Waals surface area contributed by atoms with Gasteiger partial charge in [-0.15, -0.1) is 0 Å². The fourth-order valence-corrected chi connectivity index (χ4v) is 4.60. The lowest BCUT2D eigenvalue weighted by Gasteiger charge is -2.31. The summed E-state index contributed by atoms with van der Waals surface area (Å²) in [6, 6.07) is 6.64. The molecule has 0 spiro atoms. The minimum atomic E-state index is -1.33. The topological polar surface area (TPSA) is 58.6 Å². The van der Waals surface area contributed by atoms with Gasteiger partial charge in [0.2, 0.25) is 0 Å². The van der Waals surface area contributed by atoms with Gasteiger partial charge in [-0.3, -0.25) is 0 Å². The summed E-state index contributed by atoms with van der Waals surface area (Å²) in [6.45, 7) is 5.64. The molecule has 2 aromatic rings. The monoisotopic (exact) mass is 468 g/mol. The molecule has 9 heteroatoms. The second kappa shape index (κ2) is 9.62. The van der Waals surface area contributed by atoms with Crippen LogP contribution in [0.3, 0.4) is 0 Å². The molecular weight excluding hydrogens is 441 g/mol. The normalized spacial score (nSPS) is 19.8. The average molecular weight is 469 g/mol. The van der Waals surface area contributed by atoms with E-state index in [-0.39, 0.29) is 29.2 Å². The van der Waals surface area contributed by atoms with E-state index < -0.39 is 46.2 Å². The first-order chi connectivity index (χ1) is 14.9. The van der Waals surface area contributed by atoms with Crippen molar-refractivity contribution < 1.29 is 26.9 Å². The smallest absolute Gasteiger partial charge is 0.410 e. The number of hydrogen-bond donors (Lipinski definition) is 1. The van der Waals surface area contributed by atoms with Crippen LogP contribution in [-0.4, -0.2) is 45.7 Å². The van der Waals surface area contributed by atoms with Crippen molar-refractivity contribution in [2.45, 2.75) is 51.3 Å². The zero-order valence-electron chi connectivity index (χ0n) is 18.5. The minimum absolute atomic E-state index is 0.0614. The Labute approximate surface area is 188 Å². The quantitative estimate of drug-likeness (QED) is 0.699. The molecule has 1 aliphatic heterocycles. The van der Waals surface area contributed by atoms with Crippen LogP contribution in [0.15, 0.2) is 36.4 Å². The Kier molecular flexibility index (Phi) is 7.29. The summed E-state index contributed by atoms with van der Waals surface area (Å²) in [4.78, 5) is 14.3. The molecule has 0 radical (unpaired) electrons. The van der Waals surface area contributed by atoms with E-state index in [1.54, 1.807) is 32.9 Å². The van der Waals surface area contributed by atoms with E-state index in [1.165, 1.54) is 17.2 Å². The summed E-state index contributed by atoms with van der Waals surface area (Å²) in [6.07, 6.45) is 1.61. The maximum Gasteiger partial charge on any atom is 0.410 e. The van der Waals surface area contributed by atoms with E-state index in [4.69, 9.17) is 4.74 Å². The highest BCUT2D eigenvalue weighted by Gasteiger charge is 2.40. The average Bonchev–Trinajstić information content (AvgIpc) is 3.03. The summed E-state index contributed by atoms with van der Waals surface area (Å²) in [5, 5.41) is 0. The number of hydrogen-bond acceptors (Lipinski definition) is 3. The van der Waals surface area contributed by atoms with Crippen LogP contribution in [0, 0.1) is 17.5 Å². The van der Waals surface area contributed by atoms with E-state index in [0.717, 1.165) is 18.2 Å². The first kappa shape index (κ1) is 24.3. The molecule has 174 valence electrons. The van der Waals surface area contributed by atoms with Crippen LogP contribution in [-0.2, 0) is 22.1 Å². The van der Waals surface area contributed by atoms with Crippen LogP contribution in [0.1, 0.15) is 32.8 Å². The molecule has 2 unspecified atom stereocenters. The zero-order valence-corrected chi connectivity index (χ0v) is 19.3. The molecule has 1 N–H and O–H groups in total. The van der Waals surface area contributed by atoms with Crippen molar-refractivity contribution in [3.63, 3.8) is 0 Å². The van der Waals surface area contributed by atoms with Gasteiger partial charge in [-0.05, 0) is 56.9 Å². The van der Waals surface area contributed by atoms with Crippen LogP contribution in [0.2, 0.25) is 0 Å². The molecule has 1 saturated heterocycles. The number of likely N-dealkylation sites (tertiary alicyclic amines) is 1. The molecule has 0 aromatic heterocycles. The molecule has 3 atom stereocenters. The van der Waals surface area contributed by atoms with Gasteiger partial charge < -0.3 is 9.64 Å². The largest absolute Gasteiger partial charge is 0.444 e. The molecule has 0 aliphatic carbocycles. The van der Waals surface area contributed by atoms with E-state index in [0.29, 0.717) is 13.0 Å². The van der Waals surface area contributed by atoms with Crippen LogP contribution in [0.25, 0.3) is 11.1 Å². The fraction of sp³-hybridized carbons (Fsp3) is 0.435. The number of benzene rings is 2. The maximum absolute atomic E-state index is 15.4. The van der Waals surface area contributed by atoms with Gasteiger partial charge in [0.05, 0.1) is 17.0 Å². The molecule has 5 nitrogen and oxygen atoms in total. The van der Waals surface area contributed by atoms with E-state index in [9.17, 15) is 17.8 Å². The van der Waals surface area contributed by atoms with Crippen molar-refractivity contribution >= 4 is 17.1 Å². The number of amides is 1. The highest BCUT2D eigenvalue weighted by atomic mass is 32.2. The summed E-state index contributed by atoms with van der Waals surface area (Å²) in [7, 11) is -1.33. The molecule has 1 amide bonds. The van der Waals surface area contributed by atoms with Crippen molar-refractivity contribution in [2.75, 3.05) is 12.8 Å². The molecule has 1 heterocycles. The maximum atomic E-state index is 15.4. The van der Waals surface area contributed by atoms with Crippen LogP contribution in [0.4, 0.5) is 18.0 Å². The number of halogens is 3. The zero-order chi connectivity index (χ0) is 23.6. The van der Waals surface area contributed by atoms with Crippen molar-refractivity contribution in [1.29, 1.82) is 0 Å². The summed E-state index contributed by atoms with van der Waals surface area (Å²) in [5.41, 5.74) is -0.276. The van der Waals surface area contributed by atoms with Gasteiger partial charge >= 0.3 is 6.09 Å². The molecule has 1 aliphatic rings. The Morgan fingerprint density at radius 2 is 1.84 bits per heavy atom. The number of nitrogens with zero attached hydrogens (tertiary/aromatic N) is 1.